The molecule has 180 valence electrons. The summed E-state index contributed by atoms with van der Waals surface area (Å²) in [6.45, 7) is 5.73. The molecule has 0 atom stereocenters. The molecule has 9 nitrogen and oxygen atoms in total. The second-order valence-corrected chi connectivity index (χ2v) is 7.84. The molecule has 32 heavy (non-hydrogen) atoms. The Balaban J connectivity index is 0.00000363. The molecule has 0 radical (unpaired) electrons. The van der Waals surface area contributed by atoms with E-state index in [0.29, 0.717) is 30.3 Å². The standard InChI is InChI=1S/C22H35N5O4.HI/c1-23-22(25-8-7-24-21(28)17-5-6-17)27-11-9-26(10-12-27)15-16-13-18(29-2)20(31-4)19(14-16)30-3;/h13-14,17H,5-12,15H2,1-4H3,(H,23,25)(H,24,28);1H. The first-order valence-electron chi connectivity index (χ1n) is 10.8. The quantitative estimate of drug-likeness (QED) is 0.205. The fraction of sp³-hybridized carbons (Fsp3) is 0.636. The zero-order valence-corrected chi connectivity index (χ0v) is 21.8. The number of amides is 1. The van der Waals surface area contributed by atoms with Gasteiger partial charge < -0.3 is 29.7 Å². The van der Waals surface area contributed by atoms with Gasteiger partial charge in [-0.25, -0.2) is 0 Å². The van der Waals surface area contributed by atoms with Crippen LogP contribution in [0.2, 0.25) is 0 Å². The summed E-state index contributed by atoms with van der Waals surface area (Å²) in [6.07, 6.45) is 2.06. The van der Waals surface area contributed by atoms with Gasteiger partial charge in [-0.1, -0.05) is 0 Å². The molecule has 0 aromatic heterocycles. The van der Waals surface area contributed by atoms with Crippen LogP contribution in [-0.2, 0) is 11.3 Å². The lowest BCUT2D eigenvalue weighted by Crippen LogP contribution is -2.53. The summed E-state index contributed by atoms with van der Waals surface area (Å²) in [5.74, 6) is 3.27. The number of hydrogen-bond acceptors (Lipinski definition) is 6. The van der Waals surface area contributed by atoms with Crippen molar-refractivity contribution in [3.8, 4) is 17.2 Å². The van der Waals surface area contributed by atoms with Crippen LogP contribution in [0, 0.1) is 5.92 Å². The lowest BCUT2D eigenvalue weighted by molar-refractivity contribution is -0.122. The summed E-state index contributed by atoms with van der Waals surface area (Å²) >= 11 is 0. The Kier molecular flexibility index (Phi) is 10.6. The van der Waals surface area contributed by atoms with Crippen molar-refractivity contribution in [3.05, 3.63) is 17.7 Å². The molecule has 0 spiro atoms. The van der Waals surface area contributed by atoms with Crippen LogP contribution in [0.25, 0.3) is 0 Å². The Hall–Kier alpha value is -1.95. The Labute approximate surface area is 207 Å². The number of piperazine rings is 1. The van der Waals surface area contributed by atoms with Crippen molar-refractivity contribution in [3.63, 3.8) is 0 Å². The molecular formula is C22H36IN5O4. The number of nitrogens with zero attached hydrogens (tertiary/aromatic N) is 3. The molecule has 1 saturated heterocycles. The summed E-state index contributed by atoms with van der Waals surface area (Å²) in [5, 5.41) is 6.33. The lowest BCUT2D eigenvalue weighted by Gasteiger charge is -2.36. The van der Waals surface area contributed by atoms with E-state index in [4.69, 9.17) is 14.2 Å². The second kappa shape index (κ2) is 12.9. The molecule has 2 N–H and O–H groups in total. The first kappa shape index (κ1) is 26.3. The van der Waals surface area contributed by atoms with Gasteiger partial charge in [0.15, 0.2) is 17.5 Å². The number of aliphatic imine (C=N–C) groups is 1. The number of rotatable bonds is 9. The second-order valence-electron chi connectivity index (χ2n) is 7.84. The minimum absolute atomic E-state index is 0. The molecule has 2 aliphatic rings. The zero-order valence-electron chi connectivity index (χ0n) is 19.5. The first-order chi connectivity index (χ1) is 15.1. The first-order valence-corrected chi connectivity index (χ1v) is 10.8. The third kappa shape index (κ3) is 7.03. The van der Waals surface area contributed by atoms with Crippen LogP contribution < -0.4 is 24.8 Å². The average Bonchev–Trinajstić information content (AvgIpc) is 3.64. The maximum atomic E-state index is 11.7. The topological polar surface area (TPSA) is 87.7 Å². The number of nitrogens with one attached hydrogen (secondary N) is 2. The Bertz CT molecular complexity index is 755. The van der Waals surface area contributed by atoms with Crippen molar-refractivity contribution in [1.29, 1.82) is 0 Å². The van der Waals surface area contributed by atoms with Gasteiger partial charge in [-0.15, -0.1) is 24.0 Å². The maximum absolute atomic E-state index is 11.7. The van der Waals surface area contributed by atoms with E-state index in [-0.39, 0.29) is 35.8 Å². The summed E-state index contributed by atoms with van der Waals surface area (Å²) in [4.78, 5) is 20.8. The number of ether oxygens (including phenoxy) is 3. The zero-order chi connectivity index (χ0) is 22.2. The summed E-state index contributed by atoms with van der Waals surface area (Å²) in [7, 11) is 6.68. The molecular weight excluding hydrogens is 525 g/mol. The van der Waals surface area contributed by atoms with E-state index in [1.807, 2.05) is 12.1 Å². The Morgan fingerprint density at radius 1 is 1.00 bits per heavy atom. The number of carbonyl (C=O) groups is 1. The van der Waals surface area contributed by atoms with Gasteiger partial charge in [-0.2, -0.15) is 0 Å². The van der Waals surface area contributed by atoms with Gasteiger partial charge in [0.25, 0.3) is 0 Å². The van der Waals surface area contributed by atoms with Crippen molar-refractivity contribution >= 4 is 35.8 Å². The number of guanidine groups is 1. The number of methoxy groups -OCH3 is 3. The van der Waals surface area contributed by atoms with Crippen LogP contribution in [0.5, 0.6) is 17.2 Å². The number of halogens is 1. The lowest BCUT2D eigenvalue weighted by atomic mass is 10.1. The largest absolute Gasteiger partial charge is 0.493 e. The van der Waals surface area contributed by atoms with E-state index >= 15 is 0 Å². The molecule has 10 heteroatoms. The van der Waals surface area contributed by atoms with E-state index in [0.717, 1.165) is 57.1 Å². The Morgan fingerprint density at radius 3 is 2.09 bits per heavy atom. The summed E-state index contributed by atoms with van der Waals surface area (Å²) in [6, 6.07) is 4.01. The minimum Gasteiger partial charge on any atom is -0.493 e. The highest BCUT2D eigenvalue weighted by molar-refractivity contribution is 14.0. The van der Waals surface area contributed by atoms with E-state index in [1.54, 1.807) is 28.4 Å². The van der Waals surface area contributed by atoms with Crippen LogP contribution in [0.15, 0.2) is 17.1 Å². The van der Waals surface area contributed by atoms with Gasteiger partial charge >= 0.3 is 0 Å². The molecule has 1 aromatic rings. The van der Waals surface area contributed by atoms with Crippen LogP contribution in [-0.4, -0.2) is 89.3 Å². The molecule has 3 rings (SSSR count). The number of carbonyl (C=O) groups excluding carboxylic acids is 1. The third-order valence-electron chi connectivity index (χ3n) is 5.67. The molecule has 2 fully saturated rings. The van der Waals surface area contributed by atoms with E-state index in [1.165, 1.54) is 0 Å². The highest BCUT2D eigenvalue weighted by atomic mass is 127. The SMILES string of the molecule is CN=C(NCCNC(=O)C1CC1)N1CCN(Cc2cc(OC)c(OC)c(OC)c2)CC1.I. The van der Waals surface area contributed by atoms with Gasteiger partial charge in [0.05, 0.1) is 21.3 Å². The molecule has 1 aliphatic carbocycles. The predicted octanol–water partition coefficient (Wildman–Crippen LogP) is 1.55. The normalized spacial score (nSPS) is 16.8. The Morgan fingerprint density at radius 2 is 1.59 bits per heavy atom. The molecule has 1 amide bonds. The van der Waals surface area contributed by atoms with E-state index in [2.05, 4.69) is 25.4 Å². The minimum atomic E-state index is 0. The predicted molar refractivity (Wildman–Crippen MR) is 135 cm³/mol. The van der Waals surface area contributed by atoms with E-state index in [9.17, 15) is 4.79 Å². The monoisotopic (exact) mass is 561 g/mol. The molecule has 1 aliphatic heterocycles. The maximum Gasteiger partial charge on any atom is 0.223 e. The van der Waals surface area contributed by atoms with Crippen LogP contribution in [0.4, 0.5) is 0 Å². The molecule has 0 bridgehead atoms. The van der Waals surface area contributed by atoms with Gasteiger partial charge in [0.2, 0.25) is 11.7 Å². The molecule has 1 aromatic carbocycles. The van der Waals surface area contributed by atoms with Gasteiger partial charge in [-0.3, -0.25) is 14.7 Å². The summed E-state index contributed by atoms with van der Waals surface area (Å²) in [5.41, 5.74) is 1.12. The van der Waals surface area contributed by atoms with Gasteiger partial charge in [-0.05, 0) is 30.5 Å². The highest BCUT2D eigenvalue weighted by Gasteiger charge is 2.29. The van der Waals surface area contributed by atoms with Crippen LogP contribution >= 0.6 is 24.0 Å². The highest BCUT2D eigenvalue weighted by Crippen LogP contribution is 2.38. The number of hydrogen-bond donors (Lipinski definition) is 2. The van der Waals surface area contributed by atoms with Crippen molar-refractivity contribution < 1.29 is 19.0 Å². The fourth-order valence-corrected chi connectivity index (χ4v) is 3.78. The van der Waals surface area contributed by atoms with Gasteiger partial charge in [0, 0.05) is 58.8 Å². The van der Waals surface area contributed by atoms with Crippen molar-refractivity contribution in [2.24, 2.45) is 10.9 Å². The van der Waals surface area contributed by atoms with Crippen LogP contribution in [0.1, 0.15) is 18.4 Å². The van der Waals surface area contributed by atoms with Crippen molar-refractivity contribution in [1.82, 2.24) is 20.4 Å². The molecule has 0 unspecified atom stereocenters. The molecule has 1 saturated carbocycles. The van der Waals surface area contributed by atoms with Crippen molar-refractivity contribution in [2.75, 3.05) is 67.6 Å². The van der Waals surface area contributed by atoms with Crippen LogP contribution in [0.3, 0.4) is 0 Å². The third-order valence-corrected chi connectivity index (χ3v) is 5.67. The van der Waals surface area contributed by atoms with E-state index < -0.39 is 0 Å². The number of benzene rings is 1. The average molecular weight is 561 g/mol. The van der Waals surface area contributed by atoms with Crippen molar-refractivity contribution in [2.45, 2.75) is 19.4 Å². The fourth-order valence-electron chi connectivity index (χ4n) is 3.78. The smallest absolute Gasteiger partial charge is 0.223 e. The summed E-state index contributed by atoms with van der Waals surface area (Å²) < 4.78 is 16.3. The van der Waals surface area contributed by atoms with Gasteiger partial charge in [0.1, 0.15) is 0 Å². The molecule has 1 heterocycles.